The zero-order valence-electron chi connectivity index (χ0n) is 12.0. The Hall–Kier alpha value is -3.20. The molecule has 10 heteroatoms. The molecular weight excluding hydrogens is 318 g/mol. The number of nitrogens with two attached hydrogens (primary N) is 3. The average molecular weight is 334 g/mol. The topological polar surface area (TPSA) is 153 Å². The number of nitrogens with zero attached hydrogens (tertiary/aromatic N) is 5. The van der Waals surface area contributed by atoms with Gasteiger partial charge in [0.05, 0.1) is 12.4 Å². The number of rotatable bonds is 4. The smallest absolute Gasteiger partial charge is 0.234 e. The molecule has 0 radical (unpaired) electrons. The van der Waals surface area contributed by atoms with E-state index in [9.17, 15) is 0 Å². The van der Waals surface area contributed by atoms with Crippen LogP contribution in [0.2, 0.25) is 0 Å². The molecule has 0 unspecified atom stereocenters. The van der Waals surface area contributed by atoms with Crippen molar-refractivity contribution in [3.63, 3.8) is 0 Å². The van der Waals surface area contributed by atoms with Crippen LogP contribution in [0.15, 0.2) is 52.0 Å². The molecule has 2 aromatic heterocycles. The number of anilines is 2. The minimum Gasteiger partial charge on any atom is -0.383 e. The average Bonchev–Trinajstić information content (AvgIpc) is 2.51. The summed E-state index contributed by atoms with van der Waals surface area (Å²) in [6, 6.07) is 7.02. The van der Waals surface area contributed by atoms with Crippen LogP contribution in [-0.2, 0) is 0 Å². The number of pyridine rings is 2. The third-order valence-corrected chi connectivity index (χ3v) is 2.49. The molecule has 2 aromatic rings. The molecule has 0 aliphatic rings. The SMILES string of the molecule is Cl.N/C(=N\N=C\c1cccnc1N)N/N=C/c1cccnc1N. The van der Waals surface area contributed by atoms with Crippen molar-refractivity contribution < 1.29 is 0 Å². The molecule has 120 valence electrons. The molecule has 0 bridgehead atoms. The fourth-order valence-electron chi connectivity index (χ4n) is 1.42. The van der Waals surface area contributed by atoms with Crippen molar-refractivity contribution in [2.24, 2.45) is 21.0 Å². The van der Waals surface area contributed by atoms with E-state index in [1.54, 1.807) is 36.7 Å². The van der Waals surface area contributed by atoms with Gasteiger partial charge in [-0.1, -0.05) is 0 Å². The Labute approximate surface area is 138 Å². The highest BCUT2D eigenvalue weighted by Crippen LogP contribution is 2.03. The second kappa shape index (κ2) is 8.95. The van der Waals surface area contributed by atoms with Crippen LogP contribution in [0.4, 0.5) is 11.6 Å². The van der Waals surface area contributed by atoms with Crippen LogP contribution >= 0.6 is 12.4 Å². The van der Waals surface area contributed by atoms with Gasteiger partial charge in [0, 0.05) is 23.5 Å². The summed E-state index contributed by atoms with van der Waals surface area (Å²) in [5, 5.41) is 11.4. The Balaban J connectivity index is 0.00000264. The van der Waals surface area contributed by atoms with Crippen molar-refractivity contribution in [3.05, 3.63) is 47.8 Å². The van der Waals surface area contributed by atoms with E-state index in [0.29, 0.717) is 22.8 Å². The molecule has 2 rings (SSSR count). The summed E-state index contributed by atoms with van der Waals surface area (Å²) >= 11 is 0. The summed E-state index contributed by atoms with van der Waals surface area (Å²) in [5.74, 6) is 0.740. The molecule has 0 fully saturated rings. The highest BCUT2D eigenvalue weighted by atomic mass is 35.5. The van der Waals surface area contributed by atoms with Gasteiger partial charge in [-0.3, -0.25) is 0 Å². The maximum atomic E-state index is 5.66. The second-order valence-corrected chi connectivity index (χ2v) is 4.06. The maximum Gasteiger partial charge on any atom is 0.234 e. The van der Waals surface area contributed by atoms with E-state index in [0.717, 1.165) is 0 Å². The number of hydrogen-bond acceptors (Lipinski definition) is 7. The quantitative estimate of drug-likeness (QED) is 0.359. The second-order valence-electron chi connectivity index (χ2n) is 4.06. The van der Waals surface area contributed by atoms with Crippen molar-refractivity contribution in [1.29, 1.82) is 0 Å². The van der Waals surface area contributed by atoms with E-state index >= 15 is 0 Å². The number of aromatic nitrogens is 2. The largest absolute Gasteiger partial charge is 0.383 e. The summed E-state index contributed by atoms with van der Waals surface area (Å²) in [7, 11) is 0. The Morgan fingerprint density at radius 3 is 2.13 bits per heavy atom. The fourth-order valence-corrected chi connectivity index (χ4v) is 1.42. The van der Waals surface area contributed by atoms with Crippen LogP contribution < -0.4 is 22.6 Å². The molecular formula is C13H16ClN9. The summed E-state index contributed by atoms with van der Waals surface area (Å²) in [6.45, 7) is 0. The first-order chi connectivity index (χ1) is 10.7. The van der Waals surface area contributed by atoms with E-state index < -0.39 is 0 Å². The predicted octanol–water partition coefficient (Wildman–Crippen LogP) is 0.335. The van der Waals surface area contributed by atoms with E-state index in [1.165, 1.54) is 12.4 Å². The van der Waals surface area contributed by atoms with Gasteiger partial charge >= 0.3 is 0 Å². The molecule has 0 atom stereocenters. The van der Waals surface area contributed by atoms with E-state index in [2.05, 4.69) is 30.7 Å². The van der Waals surface area contributed by atoms with Crippen LogP contribution in [0, 0.1) is 0 Å². The van der Waals surface area contributed by atoms with Gasteiger partial charge < -0.3 is 17.2 Å². The Morgan fingerprint density at radius 2 is 1.57 bits per heavy atom. The third-order valence-electron chi connectivity index (χ3n) is 2.49. The molecule has 9 nitrogen and oxygen atoms in total. The van der Waals surface area contributed by atoms with Crippen LogP contribution in [0.5, 0.6) is 0 Å². The van der Waals surface area contributed by atoms with Crippen molar-refractivity contribution in [1.82, 2.24) is 15.4 Å². The molecule has 7 N–H and O–H groups in total. The van der Waals surface area contributed by atoms with Crippen LogP contribution in [0.3, 0.4) is 0 Å². The van der Waals surface area contributed by atoms with Gasteiger partial charge in [0.15, 0.2) is 0 Å². The normalized spacial score (nSPS) is 11.6. The molecule has 0 aliphatic heterocycles. The minimum absolute atomic E-state index is 0. The van der Waals surface area contributed by atoms with Crippen molar-refractivity contribution >= 4 is 42.4 Å². The number of hydrazone groups is 1. The minimum atomic E-state index is 0. The number of guanidine groups is 1. The Kier molecular flexibility index (Phi) is 6.95. The molecule has 0 amide bonds. The Bertz CT molecular complexity index is 727. The molecule has 0 saturated heterocycles. The lowest BCUT2D eigenvalue weighted by atomic mass is 10.3. The molecule has 2 heterocycles. The van der Waals surface area contributed by atoms with Crippen molar-refractivity contribution in [2.45, 2.75) is 0 Å². The first-order valence-corrected chi connectivity index (χ1v) is 6.23. The highest BCUT2D eigenvalue weighted by molar-refractivity contribution is 5.88. The lowest BCUT2D eigenvalue weighted by Gasteiger charge is -1.98. The van der Waals surface area contributed by atoms with E-state index in [4.69, 9.17) is 17.2 Å². The molecule has 0 aliphatic carbocycles. The molecule has 0 saturated carbocycles. The van der Waals surface area contributed by atoms with Gasteiger partial charge in [0.25, 0.3) is 0 Å². The van der Waals surface area contributed by atoms with E-state index in [1.807, 2.05) is 0 Å². The number of nitrogen functional groups attached to an aromatic ring is 2. The van der Waals surface area contributed by atoms with Crippen LogP contribution in [0.1, 0.15) is 11.1 Å². The first kappa shape index (κ1) is 17.9. The zero-order chi connectivity index (χ0) is 15.8. The number of nitrogens with one attached hydrogen (secondary N) is 1. The predicted molar refractivity (Wildman–Crippen MR) is 94.5 cm³/mol. The van der Waals surface area contributed by atoms with Gasteiger partial charge in [-0.15, -0.1) is 17.5 Å². The zero-order valence-corrected chi connectivity index (χ0v) is 12.8. The first-order valence-electron chi connectivity index (χ1n) is 6.23. The summed E-state index contributed by atoms with van der Waals surface area (Å²) < 4.78 is 0. The van der Waals surface area contributed by atoms with E-state index in [-0.39, 0.29) is 18.4 Å². The van der Waals surface area contributed by atoms with Crippen molar-refractivity contribution in [2.75, 3.05) is 11.5 Å². The number of halogens is 1. The van der Waals surface area contributed by atoms with Crippen LogP contribution in [0.25, 0.3) is 0 Å². The summed E-state index contributed by atoms with van der Waals surface area (Å²) in [6.07, 6.45) is 6.10. The fraction of sp³-hybridized carbons (Fsp3) is 0. The lowest BCUT2D eigenvalue weighted by Crippen LogP contribution is -2.26. The van der Waals surface area contributed by atoms with Gasteiger partial charge in [-0.25, -0.2) is 15.4 Å². The lowest BCUT2D eigenvalue weighted by molar-refractivity contribution is 0.994. The Morgan fingerprint density at radius 1 is 1.00 bits per heavy atom. The van der Waals surface area contributed by atoms with Gasteiger partial charge in [0.1, 0.15) is 11.6 Å². The standard InChI is InChI=1S/C13H15N9.ClH/c14-11-9(3-1-5-17-11)7-19-21-13(16)22-20-8-10-4-2-6-18-12(10)15;/h1-8H,(H2,14,17)(H2,15,18)(H3,16,21,22);1H/b19-7+,20-8+;. The van der Waals surface area contributed by atoms with Crippen LogP contribution in [-0.4, -0.2) is 28.4 Å². The number of hydrogen-bond donors (Lipinski definition) is 4. The summed E-state index contributed by atoms with van der Waals surface area (Å²) in [5.41, 5.74) is 20.7. The maximum absolute atomic E-state index is 5.66. The highest BCUT2D eigenvalue weighted by Gasteiger charge is 1.95. The van der Waals surface area contributed by atoms with Gasteiger partial charge in [0.2, 0.25) is 5.96 Å². The molecule has 0 aromatic carbocycles. The molecule has 0 spiro atoms. The van der Waals surface area contributed by atoms with Gasteiger partial charge in [-0.05, 0) is 24.3 Å². The molecule has 23 heavy (non-hydrogen) atoms. The van der Waals surface area contributed by atoms with Crippen molar-refractivity contribution in [3.8, 4) is 0 Å². The third kappa shape index (κ3) is 5.59. The monoisotopic (exact) mass is 333 g/mol. The summed E-state index contributed by atoms with van der Waals surface area (Å²) in [4.78, 5) is 7.84. The van der Waals surface area contributed by atoms with Gasteiger partial charge in [-0.2, -0.15) is 10.2 Å².